The lowest BCUT2D eigenvalue weighted by Gasteiger charge is -1.98. The van der Waals surface area contributed by atoms with E-state index in [1.165, 1.54) is 0 Å². The van der Waals surface area contributed by atoms with Crippen LogP contribution in [0.1, 0.15) is 5.69 Å². The van der Waals surface area contributed by atoms with Crippen molar-refractivity contribution in [1.29, 1.82) is 0 Å². The minimum Gasteiger partial charge on any atom is -0.336 e. The third-order valence-corrected chi connectivity index (χ3v) is 3.32. The van der Waals surface area contributed by atoms with E-state index in [-0.39, 0.29) is 5.15 Å². The molecule has 3 rings (SSSR count). The molecule has 6 heteroatoms. The van der Waals surface area contributed by atoms with Crippen molar-refractivity contribution < 1.29 is 0 Å². The van der Waals surface area contributed by atoms with E-state index >= 15 is 0 Å². The lowest BCUT2D eigenvalue weighted by molar-refractivity contribution is 1.18. The molecule has 0 amide bonds. The summed E-state index contributed by atoms with van der Waals surface area (Å²) in [5.74, 6) is 0.710. The van der Waals surface area contributed by atoms with Crippen LogP contribution in [0.15, 0.2) is 24.4 Å². The summed E-state index contributed by atoms with van der Waals surface area (Å²) in [6.07, 6.45) is 1.74. The third-order valence-electron chi connectivity index (χ3n) is 2.65. The number of pyridine rings is 2. The number of fused-ring (bicyclic) bond motifs is 1. The second-order valence-electron chi connectivity index (χ2n) is 3.85. The van der Waals surface area contributed by atoms with Crippen molar-refractivity contribution in [2.45, 2.75) is 6.92 Å². The van der Waals surface area contributed by atoms with Gasteiger partial charge in [0.2, 0.25) is 0 Å². The van der Waals surface area contributed by atoms with Crippen molar-refractivity contribution in [3.8, 4) is 11.4 Å². The maximum absolute atomic E-state index is 5.92. The zero-order valence-electron chi connectivity index (χ0n) is 9.41. The fraction of sp³-hybridized carbons (Fsp3) is 0.0833. The van der Waals surface area contributed by atoms with E-state index in [4.69, 9.17) is 23.2 Å². The molecule has 90 valence electrons. The minimum absolute atomic E-state index is 0.255. The van der Waals surface area contributed by atoms with E-state index in [0.29, 0.717) is 16.5 Å². The van der Waals surface area contributed by atoms with Gasteiger partial charge in [-0.25, -0.2) is 9.97 Å². The number of imidazole rings is 1. The summed E-state index contributed by atoms with van der Waals surface area (Å²) in [7, 11) is 0. The molecule has 0 fully saturated rings. The molecule has 0 unspecified atom stereocenters. The number of aryl methyl sites for hydroxylation is 1. The molecule has 0 aromatic carbocycles. The number of hydrogen-bond donors (Lipinski definition) is 1. The summed E-state index contributed by atoms with van der Waals surface area (Å²) >= 11 is 11.8. The van der Waals surface area contributed by atoms with Crippen LogP contribution < -0.4 is 0 Å². The SMILES string of the molecule is Cc1ncccc1-c1nc2nc(Cl)c(Cl)cc2[nH]1. The van der Waals surface area contributed by atoms with Crippen LogP contribution in [0.2, 0.25) is 10.2 Å². The highest BCUT2D eigenvalue weighted by atomic mass is 35.5. The number of aromatic nitrogens is 4. The fourth-order valence-corrected chi connectivity index (χ4v) is 2.04. The molecule has 3 aromatic rings. The zero-order chi connectivity index (χ0) is 12.7. The van der Waals surface area contributed by atoms with Gasteiger partial charge in [0, 0.05) is 17.5 Å². The Labute approximate surface area is 113 Å². The molecule has 1 N–H and O–H groups in total. The smallest absolute Gasteiger partial charge is 0.179 e. The maximum atomic E-state index is 5.92. The summed E-state index contributed by atoms with van der Waals surface area (Å²) in [5, 5.41) is 0.660. The molecule has 0 atom stereocenters. The second kappa shape index (κ2) is 4.23. The third kappa shape index (κ3) is 1.83. The topological polar surface area (TPSA) is 54.5 Å². The summed E-state index contributed by atoms with van der Waals surface area (Å²) in [6.45, 7) is 1.93. The van der Waals surface area contributed by atoms with Gasteiger partial charge in [-0.15, -0.1) is 0 Å². The number of H-pyrrole nitrogens is 1. The van der Waals surface area contributed by atoms with Crippen LogP contribution in [0.4, 0.5) is 0 Å². The zero-order valence-corrected chi connectivity index (χ0v) is 10.9. The number of nitrogens with zero attached hydrogens (tertiary/aromatic N) is 3. The van der Waals surface area contributed by atoms with Crippen LogP contribution in [0.3, 0.4) is 0 Å². The molecular weight excluding hydrogens is 271 g/mol. The van der Waals surface area contributed by atoms with Crippen LogP contribution in [0, 0.1) is 6.92 Å². The number of hydrogen-bond acceptors (Lipinski definition) is 3. The van der Waals surface area contributed by atoms with Gasteiger partial charge in [-0.1, -0.05) is 23.2 Å². The first-order valence-electron chi connectivity index (χ1n) is 5.29. The van der Waals surface area contributed by atoms with Crippen molar-refractivity contribution in [3.63, 3.8) is 0 Å². The first-order chi connectivity index (χ1) is 8.65. The van der Waals surface area contributed by atoms with E-state index < -0.39 is 0 Å². The number of rotatable bonds is 1. The van der Waals surface area contributed by atoms with Crippen molar-refractivity contribution in [3.05, 3.63) is 40.3 Å². The Hall–Kier alpha value is -1.65. The molecule has 0 bridgehead atoms. The fourth-order valence-electron chi connectivity index (χ4n) is 1.76. The van der Waals surface area contributed by atoms with Crippen LogP contribution in [-0.4, -0.2) is 19.9 Å². The molecular formula is C12H8Cl2N4. The number of aromatic amines is 1. The van der Waals surface area contributed by atoms with Gasteiger partial charge in [-0.05, 0) is 25.1 Å². The Morgan fingerprint density at radius 2 is 2.06 bits per heavy atom. The monoisotopic (exact) mass is 278 g/mol. The van der Waals surface area contributed by atoms with Gasteiger partial charge in [-0.3, -0.25) is 4.98 Å². The largest absolute Gasteiger partial charge is 0.336 e. The van der Waals surface area contributed by atoms with E-state index in [1.54, 1.807) is 12.3 Å². The Morgan fingerprint density at radius 3 is 2.83 bits per heavy atom. The van der Waals surface area contributed by atoms with Gasteiger partial charge in [0.25, 0.3) is 0 Å². The molecule has 0 aliphatic carbocycles. The Morgan fingerprint density at radius 1 is 1.22 bits per heavy atom. The van der Waals surface area contributed by atoms with E-state index in [0.717, 1.165) is 16.8 Å². The molecule has 3 aromatic heterocycles. The normalized spacial score (nSPS) is 11.1. The van der Waals surface area contributed by atoms with Crippen molar-refractivity contribution in [1.82, 2.24) is 19.9 Å². The van der Waals surface area contributed by atoms with Gasteiger partial charge >= 0.3 is 0 Å². The number of nitrogens with one attached hydrogen (secondary N) is 1. The highest BCUT2D eigenvalue weighted by Crippen LogP contribution is 2.26. The Kier molecular flexibility index (Phi) is 2.69. The first-order valence-corrected chi connectivity index (χ1v) is 6.04. The lowest BCUT2D eigenvalue weighted by atomic mass is 10.2. The standard InChI is InChI=1S/C12H8Cl2N4/c1-6-7(3-2-4-15-6)11-16-9-5-8(13)10(14)17-12(9)18-11/h2-5H,1H3,(H,16,17,18). The Bertz CT molecular complexity index is 697. The first kappa shape index (κ1) is 11.4. The number of halogens is 2. The second-order valence-corrected chi connectivity index (χ2v) is 4.62. The van der Waals surface area contributed by atoms with Gasteiger partial charge in [0.05, 0.1) is 10.5 Å². The summed E-state index contributed by atoms with van der Waals surface area (Å²) in [5.41, 5.74) is 3.13. The minimum atomic E-state index is 0.255. The molecule has 0 spiro atoms. The Balaban J connectivity index is 2.23. The predicted molar refractivity (Wildman–Crippen MR) is 71.9 cm³/mol. The molecule has 0 radical (unpaired) electrons. The van der Waals surface area contributed by atoms with Crippen LogP contribution in [-0.2, 0) is 0 Å². The van der Waals surface area contributed by atoms with Gasteiger partial charge in [-0.2, -0.15) is 0 Å². The van der Waals surface area contributed by atoms with Crippen molar-refractivity contribution in [2.75, 3.05) is 0 Å². The van der Waals surface area contributed by atoms with Crippen LogP contribution >= 0.6 is 23.2 Å². The molecule has 0 saturated carbocycles. The lowest BCUT2D eigenvalue weighted by Crippen LogP contribution is -1.87. The van der Waals surface area contributed by atoms with Crippen molar-refractivity contribution in [2.24, 2.45) is 0 Å². The van der Waals surface area contributed by atoms with Gasteiger partial charge in [0.15, 0.2) is 5.65 Å². The highest BCUT2D eigenvalue weighted by molar-refractivity contribution is 6.41. The predicted octanol–water partition coefficient (Wildman–Crippen LogP) is 3.64. The molecule has 3 heterocycles. The molecule has 0 aliphatic rings. The van der Waals surface area contributed by atoms with Gasteiger partial charge < -0.3 is 4.98 Å². The van der Waals surface area contributed by atoms with E-state index in [1.807, 2.05) is 19.1 Å². The van der Waals surface area contributed by atoms with Crippen LogP contribution in [0.5, 0.6) is 0 Å². The highest BCUT2D eigenvalue weighted by Gasteiger charge is 2.11. The molecule has 18 heavy (non-hydrogen) atoms. The van der Waals surface area contributed by atoms with Gasteiger partial charge in [0.1, 0.15) is 11.0 Å². The van der Waals surface area contributed by atoms with Crippen molar-refractivity contribution >= 4 is 34.4 Å². The maximum Gasteiger partial charge on any atom is 0.179 e. The van der Waals surface area contributed by atoms with E-state index in [9.17, 15) is 0 Å². The van der Waals surface area contributed by atoms with Crippen LogP contribution in [0.25, 0.3) is 22.6 Å². The molecule has 4 nitrogen and oxygen atoms in total. The summed E-state index contributed by atoms with van der Waals surface area (Å²) in [4.78, 5) is 15.9. The average Bonchev–Trinajstić information content (AvgIpc) is 2.73. The molecule has 0 aliphatic heterocycles. The summed E-state index contributed by atoms with van der Waals surface area (Å²) < 4.78 is 0. The quantitative estimate of drug-likeness (QED) is 0.692. The summed E-state index contributed by atoms with van der Waals surface area (Å²) in [6, 6.07) is 5.53. The molecule has 0 saturated heterocycles. The van der Waals surface area contributed by atoms with E-state index in [2.05, 4.69) is 19.9 Å². The average molecular weight is 279 g/mol.